The average Bonchev–Trinajstić information content (AvgIpc) is 3.50. The molecule has 0 unspecified atom stereocenters. The van der Waals surface area contributed by atoms with Gasteiger partial charge in [0.05, 0.1) is 0 Å². The van der Waals surface area contributed by atoms with Gasteiger partial charge in [-0.3, -0.25) is 4.79 Å². The monoisotopic (exact) mass is 436 g/mol. The van der Waals surface area contributed by atoms with Crippen molar-refractivity contribution in [1.29, 1.82) is 0 Å². The summed E-state index contributed by atoms with van der Waals surface area (Å²) in [4.78, 5) is 35.1. The standard InChI is InChI=1S/C25H28N2O5/c28-22(27-25(13-14-25)23(29)30)12-2-1-7-15-26-24(31)32-16-21-19-10-5-3-8-17(19)18-9-4-6-11-20(18)21/h3-6,8-11,21H,1-2,7,12-16H2,(H,26,31)(H,27,28)(H,29,30). The number of carboxylic acid groups (broad SMARTS) is 1. The van der Waals surface area contributed by atoms with Crippen LogP contribution in [0.3, 0.4) is 0 Å². The van der Waals surface area contributed by atoms with E-state index in [2.05, 4.69) is 34.9 Å². The van der Waals surface area contributed by atoms with Crippen molar-refractivity contribution >= 4 is 18.0 Å². The van der Waals surface area contributed by atoms with E-state index in [0.29, 0.717) is 32.2 Å². The zero-order valence-corrected chi connectivity index (χ0v) is 17.9. The largest absolute Gasteiger partial charge is 0.480 e. The third kappa shape index (κ3) is 4.77. The number of carbonyl (C=O) groups excluding carboxylic acids is 2. The van der Waals surface area contributed by atoms with Crippen molar-refractivity contribution in [2.24, 2.45) is 0 Å². The summed E-state index contributed by atoms with van der Waals surface area (Å²) in [6.07, 6.45) is 2.98. The Bertz CT molecular complexity index is 969. The summed E-state index contributed by atoms with van der Waals surface area (Å²) in [6, 6.07) is 16.4. The Morgan fingerprint density at radius 1 is 0.938 bits per heavy atom. The van der Waals surface area contributed by atoms with Crippen LogP contribution in [0.5, 0.6) is 0 Å². The lowest BCUT2D eigenvalue weighted by Gasteiger charge is -2.14. The number of rotatable bonds is 10. The molecule has 0 radical (unpaired) electrons. The average molecular weight is 437 g/mol. The van der Waals surface area contributed by atoms with Crippen LogP contribution in [0.15, 0.2) is 48.5 Å². The van der Waals surface area contributed by atoms with Gasteiger partial charge >= 0.3 is 12.1 Å². The second-order valence-electron chi connectivity index (χ2n) is 8.50. The van der Waals surface area contributed by atoms with Crippen LogP contribution in [0, 0.1) is 0 Å². The molecular weight excluding hydrogens is 408 g/mol. The number of carboxylic acids is 1. The molecule has 0 saturated heterocycles. The minimum Gasteiger partial charge on any atom is -0.480 e. The van der Waals surface area contributed by atoms with Crippen LogP contribution in [0.4, 0.5) is 4.79 Å². The van der Waals surface area contributed by atoms with Gasteiger partial charge in [0, 0.05) is 18.9 Å². The summed E-state index contributed by atoms with van der Waals surface area (Å²) in [5.41, 5.74) is 3.71. The van der Waals surface area contributed by atoms with E-state index in [4.69, 9.17) is 9.84 Å². The first-order valence-electron chi connectivity index (χ1n) is 11.1. The summed E-state index contributed by atoms with van der Waals surface area (Å²) in [6.45, 7) is 0.753. The van der Waals surface area contributed by atoms with Gasteiger partial charge in [0.15, 0.2) is 0 Å². The van der Waals surface area contributed by atoms with Gasteiger partial charge < -0.3 is 20.5 Å². The van der Waals surface area contributed by atoms with Gasteiger partial charge in [-0.25, -0.2) is 9.59 Å². The molecule has 2 aliphatic rings. The van der Waals surface area contributed by atoms with Crippen LogP contribution in [0.25, 0.3) is 11.1 Å². The lowest BCUT2D eigenvalue weighted by atomic mass is 9.98. The van der Waals surface area contributed by atoms with Gasteiger partial charge in [-0.05, 0) is 47.9 Å². The number of hydrogen-bond donors (Lipinski definition) is 3. The fraction of sp³-hybridized carbons (Fsp3) is 0.400. The predicted octanol–water partition coefficient (Wildman–Crippen LogP) is 3.82. The lowest BCUT2D eigenvalue weighted by Crippen LogP contribution is -2.42. The van der Waals surface area contributed by atoms with Gasteiger partial charge in [0.25, 0.3) is 0 Å². The Morgan fingerprint density at radius 3 is 2.16 bits per heavy atom. The van der Waals surface area contributed by atoms with Crippen LogP contribution < -0.4 is 10.6 Å². The van der Waals surface area contributed by atoms with Crippen molar-refractivity contribution < 1.29 is 24.2 Å². The fourth-order valence-corrected chi connectivity index (χ4v) is 4.27. The Morgan fingerprint density at radius 2 is 1.56 bits per heavy atom. The number of nitrogens with one attached hydrogen (secondary N) is 2. The molecule has 0 aliphatic heterocycles. The summed E-state index contributed by atoms with van der Waals surface area (Å²) in [7, 11) is 0. The molecule has 2 aromatic carbocycles. The highest BCUT2D eigenvalue weighted by Gasteiger charge is 2.51. The Labute approximate surface area is 187 Å². The van der Waals surface area contributed by atoms with Crippen molar-refractivity contribution in [2.45, 2.75) is 50.0 Å². The number of carbonyl (C=O) groups is 3. The molecule has 1 saturated carbocycles. The van der Waals surface area contributed by atoms with Crippen LogP contribution >= 0.6 is 0 Å². The van der Waals surface area contributed by atoms with Crippen molar-refractivity contribution in [3.8, 4) is 11.1 Å². The quantitative estimate of drug-likeness (QED) is 0.491. The maximum absolute atomic E-state index is 12.1. The predicted molar refractivity (Wildman–Crippen MR) is 119 cm³/mol. The number of amides is 2. The first-order valence-corrected chi connectivity index (χ1v) is 11.1. The second-order valence-corrected chi connectivity index (χ2v) is 8.50. The van der Waals surface area contributed by atoms with E-state index in [1.165, 1.54) is 22.3 Å². The van der Waals surface area contributed by atoms with Crippen molar-refractivity contribution in [3.63, 3.8) is 0 Å². The summed E-state index contributed by atoms with van der Waals surface area (Å²) in [5.74, 6) is -1.15. The van der Waals surface area contributed by atoms with Gasteiger partial charge in [-0.2, -0.15) is 0 Å². The maximum atomic E-state index is 12.1. The molecular formula is C25H28N2O5. The topological polar surface area (TPSA) is 105 Å². The molecule has 0 aromatic heterocycles. The van der Waals surface area contributed by atoms with Crippen molar-refractivity contribution in [1.82, 2.24) is 10.6 Å². The molecule has 0 atom stereocenters. The minimum absolute atomic E-state index is 0.0345. The number of benzene rings is 2. The van der Waals surface area contributed by atoms with E-state index >= 15 is 0 Å². The highest BCUT2D eigenvalue weighted by Crippen LogP contribution is 2.44. The fourth-order valence-electron chi connectivity index (χ4n) is 4.27. The molecule has 0 bridgehead atoms. The van der Waals surface area contributed by atoms with Crippen LogP contribution in [-0.4, -0.2) is 41.8 Å². The maximum Gasteiger partial charge on any atom is 0.407 e. The first kappa shape index (κ1) is 21.9. The summed E-state index contributed by atoms with van der Waals surface area (Å²) < 4.78 is 5.50. The van der Waals surface area contributed by atoms with Crippen molar-refractivity contribution in [3.05, 3.63) is 59.7 Å². The van der Waals surface area contributed by atoms with E-state index in [1.807, 2.05) is 24.3 Å². The number of ether oxygens (including phenoxy) is 1. The number of aliphatic carboxylic acids is 1. The molecule has 3 N–H and O–H groups in total. The van der Waals surface area contributed by atoms with Gasteiger partial charge in [-0.15, -0.1) is 0 Å². The highest BCUT2D eigenvalue weighted by molar-refractivity contribution is 5.89. The molecule has 2 amide bonds. The number of unbranched alkanes of at least 4 members (excludes halogenated alkanes) is 2. The van der Waals surface area contributed by atoms with Crippen LogP contribution in [0.1, 0.15) is 55.6 Å². The van der Waals surface area contributed by atoms with Gasteiger partial charge in [-0.1, -0.05) is 55.0 Å². The molecule has 4 rings (SSSR count). The van der Waals surface area contributed by atoms with Crippen molar-refractivity contribution in [2.75, 3.05) is 13.2 Å². The third-order valence-electron chi connectivity index (χ3n) is 6.23. The second kappa shape index (κ2) is 9.42. The van der Waals surface area contributed by atoms with E-state index in [9.17, 15) is 14.4 Å². The molecule has 2 aromatic rings. The zero-order valence-electron chi connectivity index (χ0n) is 17.9. The van der Waals surface area contributed by atoms with Gasteiger partial charge in [0.1, 0.15) is 12.1 Å². The summed E-state index contributed by atoms with van der Waals surface area (Å²) >= 11 is 0. The highest BCUT2D eigenvalue weighted by atomic mass is 16.5. The Hall–Kier alpha value is -3.35. The van der Waals surface area contributed by atoms with E-state index in [0.717, 1.165) is 12.8 Å². The molecule has 32 heavy (non-hydrogen) atoms. The molecule has 0 heterocycles. The minimum atomic E-state index is -1.03. The Kier molecular flexibility index (Phi) is 6.44. The summed E-state index contributed by atoms with van der Waals surface area (Å²) in [5, 5.41) is 14.5. The number of alkyl carbamates (subject to hydrolysis) is 1. The molecule has 168 valence electrons. The Balaban J connectivity index is 1.14. The normalized spacial score (nSPS) is 15.4. The number of fused-ring (bicyclic) bond motifs is 3. The van der Waals surface area contributed by atoms with E-state index in [1.54, 1.807) is 0 Å². The molecule has 0 spiro atoms. The van der Waals surface area contributed by atoms with Crippen LogP contribution in [-0.2, 0) is 14.3 Å². The third-order valence-corrected chi connectivity index (χ3v) is 6.23. The smallest absolute Gasteiger partial charge is 0.407 e. The SMILES string of the molecule is O=C(CCCCCNC(=O)OCC1c2ccccc2-c2ccccc21)NC1(C(=O)O)CC1. The van der Waals surface area contributed by atoms with Gasteiger partial charge in [0.2, 0.25) is 5.91 Å². The molecule has 7 nitrogen and oxygen atoms in total. The zero-order chi connectivity index (χ0) is 22.6. The first-order chi connectivity index (χ1) is 15.5. The van der Waals surface area contributed by atoms with E-state index < -0.39 is 17.6 Å². The molecule has 2 aliphatic carbocycles. The number of hydrogen-bond acceptors (Lipinski definition) is 4. The lowest BCUT2D eigenvalue weighted by molar-refractivity contribution is -0.143. The van der Waals surface area contributed by atoms with E-state index in [-0.39, 0.29) is 18.4 Å². The van der Waals surface area contributed by atoms with Crippen LogP contribution in [0.2, 0.25) is 0 Å². The molecule has 7 heteroatoms. The molecule has 1 fully saturated rings.